The second-order valence-electron chi connectivity index (χ2n) is 4.06. The van der Waals surface area contributed by atoms with Crippen LogP contribution >= 0.6 is 22.9 Å². The summed E-state index contributed by atoms with van der Waals surface area (Å²) in [5.41, 5.74) is 1.19. The maximum absolute atomic E-state index is 10.9. The first-order valence-corrected chi connectivity index (χ1v) is 6.28. The Balaban J connectivity index is 2.15. The van der Waals surface area contributed by atoms with Gasteiger partial charge in [0.1, 0.15) is 0 Å². The SMILES string of the molecule is O=C(O)C1Cc2sc3c(Cl)cccc3c2C1. The Morgan fingerprint density at radius 2 is 2.25 bits per heavy atom. The maximum atomic E-state index is 10.9. The molecule has 0 radical (unpaired) electrons. The molecule has 0 aliphatic heterocycles. The molecule has 1 aliphatic carbocycles. The third-order valence-corrected chi connectivity index (χ3v) is 4.82. The molecular formula is C12H9ClO2S. The van der Waals surface area contributed by atoms with Crippen molar-refractivity contribution >= 4 is 39.0 Å². The zero-order valence-corrected chi connectivity index (χ0v) is 9.94. The molecule has 0 fully saturated rings. The van der Waals surface area contributed by atoms with Gasteiger partial charge in [-0.15, -0.1) is 11.3 Å². The van der Waals surface area contributed by atoms with Crippen LogP contribution in [0.3, 0.4) is 0 Å². The van der Waals surface area contributed by atoms with Gasteiger partial charge in [0.25, 0.3) is 0 Å². The molecule has 0 saturated carbocycles. The molecule has 82 valence electrons. The molecule has 1 atom stereocenters. The van der Waals surface area contributed by atoms with E-state index < -0.39 is 5.97 Å². The molecule has 0 amide bonds. The first-order valence-electron chi connectivity index (χ1n) is 5.08. The molecule has 4 heteroatoms. The molecule has 2 nitrogen and oxygen atoms in total. The van der Waals surface area contributed by atoms with Crippen LogP contribution in [0.4, 0.5) is 0 Å². The lowest BCUT2D eigenvalue weighted by atomic mass is 10.1. The average Bonchev–Trinajstić information content (AvgIpc) is 2.76. The average molecular weight is 253 g/mol. The molecular weight excluding hydrogens is 244 g/mol. The minimum Gasteiger partial charge on any atom is -0.481 e. The maximum Gasteiger partial charge on any atom is 0.307 e. The number of benzene rings is 1. The lowest BCUT2D eigenvalue weighted by Crippen LogP contribution is -2.13. The highest BCUT2D eigenvalue weighted by atomic mass is 35.5. The Hall–Kier alpha value is -1.06. The summed E-state index contributed by atoms with van der Waals surface area (Å²) in [6.45, 7) is 0. The molecule has 1 N–H and O–H groups in total. The standard InChI is InChI=1S/C12H9ClO2S/c13-9-3-1-2-7-8-4-6(12(14)15)5-10(8)16-11(7)9/h1-3,6H,4-5H2,(H,14,15). The summed E-state index contributed by atoms with van der Waals surface area (Å²) in [7, 11) is 0. The lowest BCUT2D eigenvalue weighted by molar-refractivity contribution is -0.141. The first kappa shape index (κ1) is 10.1. The number of rotatable bonds is 1. The van der Waals surface area contributed by atoms with E-state index in [1.54, 1.807) is 11.3 Å². The summed E-state index contributed by atoms with van der Waals surface area (Å²) < 4.78 is 1.10. The van der Waals surface area contributed by atoms with Gasteiger partial charge in [-0.3, -0.25) is 4.79 Å². The largest absolute Gasteiger partial charge is 0.481 e. The number of hydrogen-bond acceptors (Lipinski definition) is 2. The van der Waals surface area contributed by atoms with Crippen molar-refractivity contribution in [3.05, 3.63) is 33.7 Å². The minimum absolute atomic E-state index is 0.246. The van der Waals surface area contributed by atoms with Crippen LogP contribution in [0.2, 0.25) is 5.02 Å². The molecule has 0 saturated heterocycles. The van der Waals surface area contributed by atoms with E-state index in [1.165, 1.54) is 10.4 Å². The van der Waals surface area contributed by atoms with Crippen molar-refractivity contribution in [1.29, 1.82) is 0 Å². The fourth-order valence-electron chi connectivity index (χ4n) is 2.29. The van der Waals surface area contributed by atoms with E-state index in [4.69, 9.17) is 16.7 Å². The van der Waals surface area contributed by atoms with E-state index in [1.807, 2.05) is 18.2 Å². The van der Waals surface area contributed by atoms with Gasteiger partial charge < -0.3 is 5.11 Å². The predicted molar refractivity (Wildman–Crippen MR) is 65.4 cm³/mol. The Bertz CT molecular complexity index is 588. The topological polar surface area (TPSA) is 37.3 Å². The second-order valence-corrected chi connectivity index (χ2v) is 5.58. The fraction of sp³-hybridized carbons (Fsp3) is 0.250. The normalized spacial score (nSPS) is 18.9. The number of aliphatic carboxylic acids is 1. The van der Waals surface area contributed by atoms with Crippen LogP contribution in [-0.2, 0) is 17.6 Å². The molecule has 1 aromatic heterocycles. The molecule has 16 heavy (non-hydrogen) atoms. The fourth-order valence-corrected chi connectivity index (χ4v) is 3.90. The van der Waals surface area contributed by atoms with E-state index in [0.29, 0.717) is 12.8 Å². The first-order chi connectivity index (χ1) is 7.66. The highest BCUT2D eigenvalue weighted by Gasteiger charge is 2.30. The number of hydrogen-bond donors (Lipinski definition) is 1. The van der Waals surface area contributed by atoms with Gasteiger partial charge in [0.05, 0.1) is 15.6 Å². The zero-order valence-electron chi connectivity index (χ0n) is 8.37. The lowest BCUT2D eigenvalue weighted by Gasteiger charge is -2.01. The van der Waals surface area contributed by atoms with Crippen molar-refractivity contribution < 1.29 is 9.90 Å². The molecule has 1 heterocycles. The summed E-state index contributed by atoms with van der Waals surface area (Å²) in [4.78, 5) is 12.1. The predicted octanol–water partition coefficient (Wildman–Crippen LogP) is 3.35. The Kier molecular flexibility index (Phi) is 2.19. The number of halogens is 1. The Morgan fingerprint density at radius 1 is 1.44 bits per heavy atom. The van der Waals surface area contributed by atoms with Gasteiger partial charge in [0, 0.05) is 4.88 Å². The highest BCUT2D eigenvalue weighted by molar-refractivity contribution is 7.20. The van der Waals surface area contributed by atoms with Crippen molar-refractivity contribution in [2.75, 3.05) is 0 Å². The Labute approximate surface area is 101 Å². The number of carboxylic acid groups (broad SMARTS) is 1. The number of carboxylic acids is 1. The van der Waals surface area contributed by atoms with Crippen LogP contribution in [-0.4, -0.2) is 11.1 Å². The van der Waals surface area contributed by atoms with Crippen molar-refractivity contribution in [3.8, 4) is 0 Å². The number of carbonyl (C=O) groups is 1. The summed E-state index contributed by atoms with van der Waals surface area (Å²) >= 11 is 7.76. The van der Waals surface area contributed by atoms with Crippen molar-refractivity contribution in [2.45, 2.75) is 12.8 Å². The van der Waals surface area contributed by atoms with Crippen LogP contribution < -0.4 is 0 Å². The minimum atomic E-state index is -0.696. The van der Waals surface area contributed by atoms with Crippen LogP contribution in [0.25, 0.3) is 10.1 Å². The quantitative estimate of drug-likeness (QED) is 0.845. The second kappa shape index (κ2) is 3.47. The highest BCUT2D eigenvalue weighted by Crippen LogP contribution is 2.42. The summed E-state index contributed by atoms with van der Waals surface area (Å²) in [5, 5.41) is 10.9. The van der Waals surface area contributed by atoms with Crippen molar-refractivity contribution in [2.24, 2.45) is 5.92 Å². The van der Waals surface area contributed by atoms with Gasteiger partial charge in [0.2, 0.25) is 0 Å². The van der Waals surface area contributed by atoms with Gasteiger partial charge in [0.15, 0.2) is 0 Å². The summed E-state index contributed by atoms with van der Waals surface area (Å²) in [6.07, 6.45) is 1.30. The van der Waals surface area contributed by atoms with Gasteiger partial charge in [-0.25, -0.2) is 0 Å². The third-order valence-electron chi connectivity index (χ3n) is 3.09. The van der Waals surface area contributed by atoms with Crippen molar-refractivity contribution in [1.82, 2.24) is 0 Å². The van der Waals surface area contributed by atoms with Crippen LogP contribution in [0.5, 0.6) is 0 Å². The molecule has 3 rings (SSSR count). The Morgan fingerprint density at radius 3 is 3.00 bits per heavy atom. The smallest absolute Gasteiger partial charge is 0.307 e. The molecule has 0 spiro atoms. The van der Waals surface area contributed by atoms with Crippen molar-refractivity contribution in [3.63, 3.8) is 0 Å². The van der Waals surface area contributed by atoms with E-state index in [-0.39, 0.29) is 5.92 Å². The summed E-state index contributed by atoms with van der Waals surface area (Å²) in [5.74, 6) is -0.941. The van der Waals surface area contributed by atoms with Gasteiger partial charge >= 0.3 is 5.97 Å². The van der Waals surface area contributed by atoms with E-state index in [9.17, 15) is 4.79 Å². The molecule has 1 aromatic carbocycles. The molecule has 1 aliphatic rings. The van der Waals surface area contributed by atoms with Gasteiger partial charge in [-0.2, -0.15) is 0 Å². The van der Waals surface area contributed by atoms with Crippen LogP contribution in [0, 0.1) is 5.92 Å². The van der Waals surface area contributed by atoms with Gasteiger partial charge in [-0.05, 0) is 29.9 Å². The van der Waals surface area contributed by atoms with E-state index in [2.05, 4.69) is 0 Å². The number of thiophene rings is 1. The monoisotopic (exact) mass is 252 g/mol. The number of fused-ring (bicyclic) bond motifs is 3. The zero-order chi connectivity index (χ0) is 11.3. The summed E-state index contributed by atoms with van der Waals surface area (Å²) in [6, 6.07) is 5.83. The molecule has 1 unspecified atom stereocenters. The molecule has 0 bridgehead atoms. The van der Waals surface area contributed by atoms with E-state index >= 15 is 0 Å². The third kappa shape index (κ3) is 1.35. The van der Waals surface area contributed by atoms with Gasteiger partial charge in [-0.1, -0.05) is 23.7 Å². The van der Waals surface area contributed by atoms with Crippen LogP contribution in [0.1, 0.15) is 10.4 Å². The molecule has 2 aromatic rings. The van der Waals surface area contributed by atoms with E-state index in [0.717, 1.165) is 15.1 Å². The van der Waals surface area contributed by atoms with Crippen LogP contribution in [0.15, 0.2) is 18.2 Å².